The number of benzene rings is 13. The number of hydrogen-bond acceptors (Lipinski definition) is 2. The van der Waals surface area contributed by atoms with Crippen LogP contribution in [0.2, 0.25) is 0 Å². The summed E-state index contributed by atoms with van der Waals surface area (Å²) in [6.45, 7) is 54.2. The van der Waals surface area contributed by atoms with Crippen LogP contribution in [0, 0.1) is 109 Å². The molecule has 13 aromatic carbocycles. The molecule has 5 aliphatic carbocycles. The monoisotopic (exact) mass is 1520 g/mol. The summed E-state index contributed by atoms with van der Waals surface area (Å²) in [7, 11) is 0. The Kier molecular flexibility index (Phi) is 21.2. The summed E-state index contributed by atoms with van der Waals surface area (Å²) in [6, 6.07) is 96.6. The summed E-state index contributed by atoms with van der Waals surface area (Å²) in [5.74, 6) is 1.66. The highest BCUT2D eigenvalue weighted by atomic mass is 15.2. The summed E-state index contributed by atoms with van der Waals surface area (Å²) in [5.41, 5.74) is 49.3. The zero-order valence-electron chi connectivity index (χ0n) is 74.1. The summed E-state index contributed by atoms with van der Waals surface area (Å²) in [5, 5.41) is 0. The second-order valence-electron chi connectivity index (χ2n) is 38.9. The average molecular weight is 1520 g/mol. The zero-order chi connectivity index (χ0) is 82.6. The second kappa shape index (κ2) is 30.5. The highest BCUT2D eigenvalue weighted by molar-refractivity contribution is 5.89. The van der Waals surface area contributed by atoms with Gasteiger partial charge in [-0.1, -0.05) is 331 Å². The Morgan fingerprint density at radius 2 is 0.457 bits per heavy atom. The summed E-state index contributed by atoms with van der Waals surface area (Å²) in [4.78, 5) is 4.84. The molecule has 0 unspecified atom stereocenters. The molecule has 0 atom stereocenters. The highest BCUT2D eigenvalue weighted by Gasteiger charge is 2.65. The summed E-state index contributed by atoms with van der Waals surface area (Å²) in [6.07, 6.45) is 5.50. The lowest BCUT2D eigenvalue weighted by molar-refractivity contribution is 0.299. The van der Waals surface area contributed by atoms with Gasteiger partial charge in [-0.05, 0) is 305 Å². The van der Waals surface area contributed by atoms with Crippen LogP contribution in [0.25, 0.3) is 33.4 Å². The molecule has 0 saturated heterocycles. The van der Waals surface area contributed by atoms with Crippen molar-refractivity contribution in [2.75, 3.05) is 9.80 Å². The maximum absolute atomic E-state index is 2.53. The van der Waals surface area contributed by atoms with Crippen molar-refractivity contribution in [1.29, 1.82) is 0 Å². The van der Waals surface area contributed by atoms with E-state index in [1.54, 1.807) is 11.1 Å². The average Bonchev–Trinajstić information content (AvgIpc) is 1.50. The first-order chi connectivity index (χ1) is 55.0. The van der Waals surface area contributed by atoms with Crippen LogP contribution in [-0.2, 0) is 32.5 Å². The van der Waals surface area contributed by atoms with Gasteiger partial charge in [0.25, 0.3) is 0 Å². The van der Waals surface area contributed by atoms with E-state index < -0.39 is 0 Å². The Bertz CT molecular complexity index is 5460. The van der Waals surface area contributed by atoms with Crippen LogP contribution in [0.3, 0.4) is 0 Å². The second-order valence-corrected chi connectivity index (χ2v) is 38.9. The Balaban J connectivity index is 0.000000129. The molecule has 13 aromatic rings. The fourth-order valence-electron chi connectivity index (χ4n) is 21.4. The third-order valence-corrected chi connectivity index (χ3v) is 26.9. The Labute approximate surface area is 697 Å². The molecule has 0 amide bonds. The van der Waals surface area contributed by atoms with Crippen molar-refractivity contribution in [2.45, 2.75) is 224 Å². The standard InChI is InChI=1S/C44H52N2.C29H26.C24H28.C17H18/c1-29-13-17-37(18-14-29)45(41-31(3)25-35(26-32(41)4)43(7,8)9)39-21-23-40(24-22-39)46(38-19-15-30(2)16-20-38)42-33(5)27-36(28-34(42)6)44(10,11)12;1-19-5-11-23(12-6-19)29(24-13-7-20(2)8-14-24)27-17-21(3)9-15-25(27)26-16-10-22(4)18-28(26)29;1-15-5-7-19-20-8-6-16(2)10-22(20)24-13-17(3)11-23(24,21(19)9-15)12-18(4)14-24;1-11-5-7-13-14-8-6-12(2)10-16(14)17(3,4)15(13)9-11/h13-28H,1-12H3;5-18H,1-4H3;5-10,17-18H,11-14H2,1-4H3;5-10H,1-4H3. The van der Waals surface area contributed by atoms with Gasteiger partial charge >= 0.3 is 0 Å². The number of aryl methyl sites for hydroxylation is 14. The molecule has 0 N–H and O–H groups in total. The molecule has 116 heavy (non-hydrogen) atoms. The first-order valence-corrected chi connectivity index (χ1v) is 42.9. The van der Waals surface area contributed by atoms with E-state index in [2.05, 4.69) is 431 Å². The van der Waals surface area contributed by atoms with Crippen LogP contribution < -0.4 is 9.80 Å². The molecule has 2 saturated carbocycles. The quantitative estimate of drug-likeness (QED) is 0.150. The van der Waals surface area contributed by atoms with Crippen LogP contribution in [-0.4, -0.2) is 0 Å². The fourth-order valence-corrected chi connectivity index (χ4v) is 21.4. The van der Waals surface area contributed by atoms with Gasteiger partial charge < -0.3 is 9.80 Å². The van der Waals surface area contributed by atoms with Crippen molar-refractivity contribution in [3.8, 4) is 33.4 Å². The first kappa shape index (κ1) is 80.6. The minimum absolute atomic E-state index is 0.0885. The number of hydrogen-bond donors (Lipinski definition) is 0. The predicted octanol–water partition coefficient (Wildman–Crippen LogP) is 31.3. The van der Waals surface area contributed by atoms with E-state index in [4.69, 9.17) is 0 Å². The van der Waals surface area contributed by atoms with Crippen LogP contribution >= 0.6 is 0 Å². The molecule has 0 aliphatic heterocycles. The lowest BCUT2D eigenvalue weighted by Crippen LogP contribution is -2.43. The third kappa shape index (κ3) is 14.4. The van der Waals surface area contributed by atoms with Crippen molar-refractivity contribution in [3.05, 3.63) is 388 Å². The number of anilines is 6. The largest absolute Gasteiger partial charge is 0.310 e. The van der Waals surface area contributed by atoms with Gasteiger partial charge in [0.2, 0.25) is 0 Å². The van der Waals surface area contributed by atoms with Crippen molar-refractivity contribution in [3.63, 3.8) is 0 Å². The van der Waals surface area contributed by atoms with Crippen LogP contribution in [0.1, 0.15) is 228 Å². The van der Waals surface area contributed by atoms with Crippen LogP contribution in [0.4, 0.5) is 34.1 Å². The van der Waals surface area contributed by atoms with Gasteiger partial charge in [-0.25, -0.2) is 0 Å². The maximum atomic E-state index is 2.53. The topological polar surface area (TPSA) is 6.48 Å². The van der Waals surface area contributed by atoms with Crippen molar-refractivity contribution < 1.29 is 0 Å². The van der Waals surface area contributed by atoms with Crippen LogP contribution in [0.15, 0.2) is 255 Å². The molecular formula is C114H124N2. The minimum Gasteiger partial charge on any atom is -0.310 e. The molecule has 5 aliphatic rings. The Morgan fingerprint density at radius 1 is 0.250 bits per heavy atom. The third-order valence-electron chi connectivity index (χ3n) is 26.9. The molecular weight excluding hydrogens is 1400 g/mol. The van der Waals surface area contributed by atoms with E-state index in [0.29, 0.717) is 10.8 Å². The predicted molar refractivity (Wildman–Crippen MR) is 499 cm³/mol. The van der Waals surface area contributed by atoms with Crippen molar-refractivity contribution >= 4 is 34.1 Å². The number of nitrogens with zero attached hydrogens (tertiary/aromatic N) is 2. The van der Waals surface area contributed by atoms with E-state index in [1.165, 1.54) is 193 Å². The van der Waals surface area contributed by atoms with Gasteiger partial charge in [-0.15, -0.1) is 0 Å². The van der Waals surface area contributed by atoms with Crippen molar-refractivity contribution in [1.82, 2.24) is 0 Å². The van der Waals surface area contributed by atoms with Crippen LogP contribution in [0.5, 0.6) is 0 Å². The Hall–Kier alpha value is -10.5. The molecule has 18 rings (SSSR count). The summed E-state index contributed by atoms with van der Waals surface area (Å²) >= 11 is 0. The highest BCUT2D eigenvalue weighted by Crippen LogP contribution is 2.72. The van der Waals surface area contributed by atoms with Gasteiger partial charge in [-0.2, -0.15) is 0 Å². The molecule has 0 aromatic heterocycles. The van der Waals surface area contributed by atoms with E-state index in [0.717, 1.165) is 34.6 Å². The van der Waals surface area contributed by atoms with E-state index in [1.807, 2.05) is 0 Å². The van der Waals surface area contributed by atoms with Gasteiger partial charge in [-0.3, -0.25) is 0 Å². The van der Waals surface area contributed by atoms with E-state index in [9.17, 15) is 0 Å². The molecule has 2 nitrogen and oxygen atoms in total. The van der Waals surface area contributed by atoms with Gasteiger partial charge in [0, 0.05) is 39.0 Å². The van der Waals surface area contributed by atoms with Gasteiger partial charge in [0.1, 0.15) is 0 Å². The first-order valence-electron chi connectivity index (χ1n) is 42.9. The smallest absolute Gasteiger partial charge is 0.0713 e. The lowest BCUT2D eigenvalue weighted by atomic mass is 9.55. The molecule has 0 spiro atoms. The summed E-state index contributed by atoms with van der Waals surface area (Å²) < 4.78 is 0. The van der Waals surface area contributed by atoms with E-state index >= 15 is 0 Å². The number of rotatable bonds is 8. The molecule has 0 radical (unpaired) electrons. The normalized spacial score (nSPS) is 17.9. The molecule has 0 heterocycles. The van der Waals surface area contributed by atoms with E-state index in [-0.39, 0.29) is 21.7 Å². The fraction of sp³-hybridized carbons (Fsp3) is 0.316. The molecule has 2 fully saturated rings. The van der Waals surface area contributed by atoms with Crippen molar-refractivity contribution in [2.24, 2.45) is 11.8 Å². The Morgan fingerprint density at radius 3 is 0.716 bits per heavy atom. The van der Waals surface area contributed by atoms with Gasteiger partial charge in [0.05, 0.1) is 16.8 Å². The zero-order valence-corrected chi connectivity index (χ0v) is 74.1. The molecule has 590 valence electrons. The lowest BCUT2D eigenvalue weighted by Gasteiger charge is -2.48. The maximum Gasteiger partial charge on any atom is 0.0713 e. The molecule has 0 bridgehead atoms. The van der Waals surface area contributed by atoms with Gasteiger partial charge in [0.15, 0.2) is 0 Å². The number of fused-ring (bicyclic) bond motifs is 9. The minimum atomic E-state index is -0.288. The molecule has 2 heteroatoms. The SMILES string of the molecule is Cc1ccc(C2(c3ccc(C)cc3)c3cc(C)ccc3-c3ccc(C)cc32)cc1.Cc1ccc(N(c2ccc(N(c3ccc(C)cc3)c3c(C)cc(C(C)(C)C)cc3C)cc2)c2c(C)cc(C(C)(C)C)cc2C)cc1.Cc1ccc2c(c1)C(C)(C)c1cc(C)ccc1-2.Cc1ccc2c(c1)C13CC(C)CC1(CC(C)C3)c1cc(C)ccc1-2.